The molecule has 0 saturated carbocycles. The summed E-state index contributed by atoms with van der Waals surface area (Å²) in [5.74, 6) is -1.61. The van der Waals surface area contributed by atoms with Crippen molar-refractivity contribution in [1.82, 2.24) is 4.90 Å². The maximum absolute atomic E-state index is 13.0. The van der Waals surface area contributed by atoms with Crippen molar-refractivity contribution in [2.45, 2.75) is 13.3 Å². The molecule has 1 N–H and O–H groups in total. The van der Waals surface area contributed by atoms with Crippen LogP contribution in [0.2, 0.25) is 0 Å². The lowest BCUT2D eigenvalue weighted by molar-refractivity contribution is -0.133. The minimum absolute atomic E-state index is 0.0558. The Kier molecular flexibility index (Phi) is 2.81. The number of carbonyl (C=O) groups is 1. The van der Waals surface area contributed by atoms with Crippen LogP contribution in [0.1, 0.15) is 13.3 Å². The summed E-state index contributed by atoms with van der Waals surface area (Å²) >= 11 is 0. The van der Waals surface area contributed by atoms with Gasteiger partial charge < -0.3 is 5.11 Å². The van der Waals surface area contributed by atoms with E-state index in [1.54, 1.807) is 0 Å². The first-order valence-electron chi connectivity index (χ1n) is 3.98. The Bertz CT molecular complexity index is 225. The van der Waals surface area contributed by atoms with Crippen molar-refractivity contribution in [2.75, 3.05) is 19.6 Å². The van der Waals surface area contributed by atoms with Crippen molar-refractivity contribution >= 4 is 5.97 Å². The molecule has 68 valence electrons. The van der Waals surface area contributed by atoms with Gasteiger partial charge in [-0.1, -0.05) is 6.92 Å². The zero-order valence-electron chi connectivity index (χ0n) is 7.01. The highest BCUT2D eigenvalue weighted by molar-refractivity contribution is 5.87. The van der Waals surface area contributed by atoms with Crippen molar-refractivity contribution < 1.29 is 14.3 Å². The van der Waals surface area contributed by atoms with E-state index in [1.807, 2.05) is 11.8 Å². The molecule has 4 heteroatoms. The molecule has 12 heavy (non-hydrogen) atoms. The molecule has 0 atom stereocenters. The Labute approximate surface area is 70.5 Å². The monoisotopic (exact) mass is 173 g/mol. The van der Waals surface area contributed by atoms with Gasteiger partial charge in [0.25, 0.3) is 0 Å². The highest BCUT2D eigenvalue weighted by Crippen LogP contribution is 2.18. The summed E-state index contributed by atoms with van der Waals surface area (Å²) in [6.45, 7) is 3.49. The van der Waals surface area contributed by atoms with Crippen LogP contribution in [0.3, 0.4) is 0 Å². The van der Waals surface area contributed by atoms with Gasteiger partial charge in [-0.05, 0) is 13.0 Å². The van der Waals surface area contributed by atoms with E-state index < -0.39 is 11.8 Å². The standard InChI is InChI=1S/C8H12FNO2/c1-2-10-4-3-6(8(11)12)7(9)5-10/h2-5H2,1H3,(H,11,12). The number of carboxylic acid groups (broad SMARTS) is 1. The quantitative estimate of drug-likeness (QED) is 0.677. The number of hydrogen-bond donors (Lipinski definition) is 1. The molecule has 3 nitrogen and oxygen atoms in total. The number of nitrogens with zero attached hydrogens (tertiary/aromatic N) is 1. The number of hydrogen-bond acceptors (Lipinski definition) is 2. The van der Waals surface area contributed by atoms with Crippen molar-refractivity contribution in [2.24, 2.45) is 0 Å². The molecule has 0 unspecified atom stereocenters. The Morgan fingerprint density at radius 3 is 2.83 bits per heavy atom. The third-order valence-corrected chi connectivity index (χ3v) is 2.07. The van der Waals surface area contributed by atoms with Crippen LogP contribution >= 0.6 is 0 Å². The highest BCUT2D eigenvalue weighted by atomic mass is 19.1. The van der Waals surface area contributed by atoms with Crippen LogP contribution in [-0.2, 0) is 4.79 Å². The maximum Gasteiger partial charge on any atom is 0.334 e. The Hall–Kier alpha value is -0.900. The fourth-order valence-corrected chi connectivity index (χ4v) is 1.27. The van der Waals surface area contributed by atoms with E-state index in [1.165, 1.54) is 0 Å². The number of halogens is 1. The van der Waals surface area contributed by atoms with E-state index in [9.17, 15) is 9.18 Å². The molecule has 0 aromatic heterocycles. The predicted octanol–water partition coefficient (Wildman–Crippen LogP) is 1.02. The van der Waals surface area contributed by atoms with E-state index >= 15 is 0 Å². The molecule has 1 heterocycles. The maximum atomic E-state index is 13.0. The van der Waals surface area contributed by atoms with Crippen LogP contribution < -0.4 is 0 Å². The molecule has 0 aromatic carbocycles. The van der Waals surface area contributed by atoms with Crippen LogP contribution in [0.25, 0.3) is 0 Å². The van der Waals surface area contributed by atoms with Gasteiger partial charge in [0.15, 0.2) is 0 Å². The van der Waals surface area contributed by atoms with Gasteiger partial charge in [0, 0.05) is 6.54 Å². The number of aliphatic carboxylic acids is 1. The molecule has 0 fully saturated rings. The summed E-state index contributed by atoms with van der Waals surface area (Å²) in [5, 5.41) is 8.55. The van der Waals surface area contributed by atoms with Gasteiger partial charge in [-0.2, -0.15) is 0 Å². The summed E-state index contributed by atoms with van der Waals surface area (Å²) < 4.78 is 13.0. The first kappa shape index (κ1) is 9.19. The van der Waals surface area contributed by atoms with Gasteiger partial charge in [-0.15, -0.1) is 0 Å². The topological polar surface area (TPSA) is 40.5 Å². The average molecular weight is 173 g/mol. The third-order valence-electron chi connectivity index (χ3n) is 2.07. The fourth-order valence-electron chi connectivity index (χ4n) is 1.27. The zero-order chi connectivity index (χ0) is 9.14. The molecule has 0 spiro atoms. The summed E-state index contributed by atoms with van der Waals surface area (Å²) in [4.78, 5) is 12.3. The summed E-state index contributed by atoms with van der Waals surface area (Å²) in [5.41, 5.74) is -0.0558. The van der Waals surface area contributed by atoms with Gasteiger partial charge in [0.05, 0.1) is 12.1 Å². The molecular weight excluding hydrogens is 161 g/mol. The summed E-state index contributed by atoms with van der Waals surface area (Å²) in [6, 6.07) is 0. The largest absolute Gasteiger partial charge is 0.478 e. The van der Waals surface area contributed by atoms with Gasteiger partial charge >= 0.3 is 5.97 Å². The minimum Gasteiger partial charge on any atom is -0.478 e. The Morgan fingerprint density at radius 2 is 2.42 bits per heavy atom. The van der Waals surface area contributed by atoms with Crippen LogP contribution in [-0.4, -0.2) is 35.6 Å². The second-order valence-electron chi connectivity index (χ2n) is 2.81. The number of rotatable bonds is 2. The van der Waals surface area contributed by atoms with Crippen molar-refractivity contribution in [3.63, 3.8) is 0 Å². The van der Waals surface area contributed by atoms with Gasteiger partial charge in [0.1, 0.15) is 5.83 Å². The lowest BCUT2D eigenvalue weighted by atomic mass is 10.1. The van der Waals surface area contributed by atoms with Crippen molar-refractivity contribution in [1.29, 1.82) is 0 Å². The lowest BCUT2D eigenvalue weighted by Crippen LogP contribution is -2.32. The second kappa shape index (κ2) is 3.67. The molecular formula is C8H12FNO2. The lowest BCUT2D eigenvalue weighted by Gasteiger charge is -2.24. The van der Waals surface area contributed by atoms with Gasteiger partial charge in [0.2, 0.25) is 0 Å². The van der Waals surface area contributed by atoms with E-state index in [0.29, 0.717) is 13.0 Å². The van der Waals surface area contributed by atoms with Crippen LogP contribution in [0, 0.1) is 0 Å². The van der Waals surface area contributed by atoms with Crippen LogP contribution in [0.5, 0.6) is 0 Å². The van der Waals surface area contributed by atoms with Gasteiger partial charge in [-0.3, -0.25) is 4.90 Å². The highest BCUT2D eigenvalue weighted by Gasteiger charge is 2.21. The van der Waals surface area contributed by atoms with E-state index in [4.69, 9.17) is 5.11 Å². The second-order valence-corrected chi connectivity index (χ2v) is 2.81. The smallest absolute Gasteiger partial charge is 0.334 e. The zero-order valence-corrected chi connectivity index (χ0v) is 7.01. The SMILES string of the molecule is CCN1CCC(C(=O)O)=C(F)C1. The molecule has 1 aliphatic heterocycles. The molecule has 0 radical (unpaired) electrons. The van der Waals surface area contributed by atoms with Crippen molar-refractivity contribution in [3.8, 4) is 0 Å². The van der Waals surface area contributed by atoms with E-state index in [2.05, 4.69) is 0 Å². The fraction of sp³-hybridized carbons (Fsp3) is 0.625. The van der Waals surface area contributed by atoms with Crippen LogP contribution in [0.4, 0.5) is 4.39 Å². The predicted molar refractivity (Wildman–Crippen MR) is 42.5 cm³/mol. The third kappa shape index (κ3) is 1.82. The summed E-state index contributed by atoms with van der Waals surface area (Å²) in [7, 11) is 0. The molecule has 0 bridgehead atoms. The molecule has 0 amide bonds. The number of likely N-dealkylation sites (N-methyl/N-ethyl adjacent to an activating group) is 1. The van der Waals surface area contributed by atoms with E-state index in [-0.39, 0.29) is 12.1 Å². The average Bonchev–Trinajstić information content (AvgIpc) is 2.03. The van der Waals surface area contributed by atoms with E-state index in [0.717, 1.165) is 6.54 Å². The molecule has 0 aromatic rings. The van der Waals surface area contributed by atoms with Crippen LogP contribution in [0.15, 0.2) is 11.4 Å². The molecule has 0 aliphatic carbocycles. The molecule has 1 aliphatic rings. The Balaban J connectivity index is 2.71. The normalized spacial score (nSPS) is 19.8. The minimum atomic E-state index is -1.12. The van der Waals surface area contributed by atoms with Gasteiger partial charge in [-0.25, -0.2) is 9.18 Å². The molecule has 1 rings (SSSR count). The Morgan fingerprint density at radius 1 is 1.75 bits per heavy atom. The molecule has 0 saturated heterocycles. The number of carboxylic acids is 1. The van der Waals surface area contributed by atoms with Crippen molar-refractivity contribution in [3.05, 3.63) is 11.4 Å². The first-order chi connectivity index (χ1) is 5.65. The first-order valence-corrected chi connectivity index (χ1v) is 3.98. The summed E-state index contributed by atoms with van der Waals surface area (Å²) in [6.07, 6.45) is 0.314.